The van der Waals surface area contributed by atoms with Crippen molar-refractivity contribution in [1.82, 2.24) is 0 Å². The van der Waals surface area contributed by atoms with Gasteiger partial charge >= 0.3 is 5.97 Å². The van der Waals surface area contributed by atoms with Crippen LogP contribution in [-0.4, -0.2) is 69.1 Å². The highest BCUT2D eigenvalue weighted by Gasteiger charge is 2.66. The molecule has 0 saturated heterocycles. The van der Waals surface area contributed by atoms with E-state index in [1.807, 2.05) is 25.1 Å². The maximum atomic E-state index is 13.4. The lowest BCUT2D eigenvalue weighted by atomic mass is 9.42. The van der Waals surface area contributed by atoms with Crippen LogP contribution in [0.1, 0.15) is 76.1 Å². The first-order valence-corrected chi connectivity index (χ1v) is 15.1. The van der Waals surface area contributed by atoms with E-state index < -0.39 is 18.3 Å². The smallest absolute Gasteiger partial charge is 0.338 e. The van der Waals surface area contributed by atoms with Gasteiger partial charge in [0.05, 0.1) is 37.1 Å². The van der Waals surface area contributed by atoms with Crippen LogP contribution < -0.4 is 0 Å². The molecule has 4 aliphatic rings. The SMILES string of the molecule is CC(C(O)CO)[C@H]1CC[C@H]2[C@@H]3C(OC(=O)c4ccccc4)CC4CC(C(O)CO)CC(O)[C@]4(C)[C@H]3CC[C@]12C. The number of ether oxygens (including phenoxy) is 1. The molecule has 4 aliphatic carbocycles. The fourth-order valence-electron chi connectivity index (χ4n) is 10.0. The zero-order chi connectivity index (χ0) is 28.1. The van der Waals surface area contributed by atoms with E-state index in [2.05, 4.69) is 13.8 Å². The third-order valence-electron chi connectivity index (χ3n) is 12.3. The molecule has 0 aromatic heterocycles. The topological polar surface area (TPSA) is 127 Å². The number of esters is 1. The van der Waals surface area contributed by atoms with Gasteiger partial charge < -0.3 is 30.3 Å². The molecule has 7 heteroatoms. The fraction of sp³-hybridized carbons (Fsp3) is 0.781. The predicted octanol–water partition coefficient (Wildman–Crippen LogP) is 3.41. The van der Waals surface area contributed by atoms with Gasteiger partial charge in [-0.15, -0.1) is 0 Å². The van der Waals surface area contributed by atoms with E-state index in [1.165, 1.54) is 0 Å². The highest BCUT2D eigenvalue weighted by molar-refractivity contribution is 5.89. The van der Waals surface area contributed by atoms with Crippen LogP contribution in [0.25, 0.3) is 0 Å². The average Bonchev–Trinajstić information content (AvgIpc) is 3.30. The molecular weight excluding hydrogens is 496 g/mol. The van der Waals surface area contributed by atoms with Crippen molar-refractivity contribution in [1.29, 1.82) is 0 Å². The number of aliphatic hydroxyl groups excluding tert-OH is 5. The van der Waals surface area contributed by atoms with Gasteiger partial charge in [-0.25, -0.2) is 4.79 Å². The highest BCUT2D eigenvalue weighted by atomic mass is 16.5. The van der Waals surface area contributed by atoms with Crippen molar-refractivity contribution < 1.29 is 35.1 Å². The van der Waals surface area contributed by atoms with Crippen molar-refractivity contribution in [3.8, 4) is 0 Å². The maximum absolute atomic E-state index is 13.4. The second kappa shape index (κ2) is 11.1. The Labute approximate surface area is 232 Å². The Balaban J connectivity index is 1.50. The molecule has 0 bridgehead atoms. The molecule has 4 saturated carbocycles. The average molecular weight is 545 g/mol. The van der Waals surface area contributed by atoms with E-state index in [-0.39, 0.29) is 77.5 Å². The normalized spacial score (nSPS) is 43.9. The molecule has 0 heterocycles. The fourth-order valence-corrected chi connectivity index (χ4v) is 10.0. The Morgan fingerprint density at radius 1 is 1.00 bits per heavy atom. The Morgan fingerprint density at radius 3 is 2.38 bits per heavy atom. The molecule has 5 N–H and O–H groups in total. The minimum Gasteiger partial charge on any atom is -0.458 e. The van der Waals surface area contributed by atoms with Crippen molar-refractivity contribution >= 4 is 5.97 Å². The number of rotatable bonds is 7. The first-order valence-electron chi connectivity index (χ1n) is 15.1. The lowest BCUT2D eigenvalue weighted by Gasteiger charge is -2.64. The monoisotopic (exact) mass is 544 g/mol. The molecule has 218 valence electrons. The van der Waals surface area contributed by atoms with Gasteiger partial charge in [-0.05, 0) is 103 Å². The molecule has 0 spiro atoms. The van der Waals surface area contributed by atoms with Gasteiger partial charge in [0.25, 0.3) is 0 Å². The highest BCUT2D eigenvalue weighted by Crippen LogP contribution is 2.69. The number of aliphatic hydroxyl groups is 5. The van der Waals surface area contributed by atoms with E-state index in [1.54, 1.807) is 12.1 Å². The molecule has 5 rings (SSSR count). The Hall–Kier alpha value is -1.51. The van der Waals surface area contributed by atoms with Crippen LogP contribution in [0.3, 0.4) is 0 Å². The molecule has 39 heavy (non-hydrogen) atoms. The number of carbonyl (C=O) groups excluding carboxylic acids is 1. The van der Waals surface area contributed by atoms with Crippen LogP contribution >= 0.6 is 0 Å². The second-order valence-corrected chi connectivity index (χ2v) is 13.7. The van der Waals surface area contributed by atoms with Crippen LogP contribution in [-0.2, 0) is 4.74 Å². The lowest BCUT2D eigenvalue weighted by molar-refractivity contribution is -0.213. The summed E-state index contributed by atoms with van der Waals surface area (Å²) < 4.78 is 6.39. The van der Waals surface area contributed by atoms with Gasteiger partial charge in [0.2, 0.25) is 0 Å². The quantitative estimate of drug-likeness (QED) is 0.333. The largest absolute Gasteiger partial charge is 0.458 e. The molecule has 0 radical (unpaired) electrons. The van der Waals surface area contributed by atoms with Crippen molar-refractivity contribution in [3.63, 3.8) is 0 Å². The Bertz CT molecular complexity index is 1000. The number of hydrogen-bond donors (Lipinski definition) is 5. The van der Waals surface area contributed by atoms with Gasteiger partial charge in [0, 0.05) is 5.92 Å². The molecule has 7 unspecified atom stereocenters. The van der Waals surface area contributed by atoms with Crippen LogP contribution in [0.4, 0.5) is 0 Å². The first-order chi connectivity index (χ1) is 18.6. The van der Waals surface area contributed by atoms with Crippen molar-refractivity contribution in [2.75, 3.05) is 13.2 Å². The van der Waals surface area contributed by atoms with E-state index in [9.17, 15) is 30.3 Å². The van der Waals surface area contributed by atoms with Crippen molar-refractivity contribution in [2.45, 2.75) is 90.1 Å². The number of hydrogen-bond acceptors (Lipinski definition) is 7. The number of fused-ring (bicyclic) bond motifs is 5. The van der Waals surface area contributed by atoms with Gasteiger partial charge in [-0.1, -0.05) is 39.0 Å². The summed E-state index contributed by atoms with van der Waals surface area (Å²) in [5, 5.41) is 52.0. The van der Waals surface area contributed by atoms with Gasteiger partial charge in [0.1, 0.15) is 6.10 Å². The third kappa shape index (κ3) is 4.76. The molecule has 0 amide bonds. The summed E-state index contributed by atoms with van der Waals surface area (Å²) in [6.07, 6.45) is 3.11. The molecule has 13 atom stereocenters. The number of benzene rings is 1. The number of carbonyl (C=O) groups is 1. The van der Waals surface area contributed by atoms with Gasteiger partial charge in [-0.3, -0.25) is 0 Å². The Kier molecular flexibility index (Phi) is 8.22. The van der Waals surface area contributed by atoms with Crippen LogP contribution in [0.5, 0.6) is 0 Å². The Morgan fingerprint density at radius 2 is 1.72 bits per heavy atom. The minimum atomic E-state index is -0.864. The molecular formula is C32H48O7. The summed E-state index contributed by atoms with van der Waals surface area (Å²) in [6, 6.07) is 9.10. The summed E-state index contributed by atoms with van der Waals surface area (Å²) in [5.74, 6) is 0.347. The third-order valence-corrected chi connectivity index (χ3v) is 12.3. The van der Waals surface area contributed by atoms with Crippen molar-refractivity contribution in [2.24, 2.45) is 52.3 Å². The summed E-state index contributed by atoms with van der Waals surface area (Å²) in [4.78, 5) is 13.4. The molecule has 0 aliphatic heterocycles. The molecule has 1 aromatic carbocycles. The second-order valence-electron chi connectivity index (χ2n) is 13.7. The van der Waals surface area contributed by atoms with E-state index in [0.29, 0.717) is 24.8 Å². The summed E-state index contributed by atoms with van der Waals surface area (Å²) in [6.45, 7) is 6.03. The van der Waals surface area contributed by atoms with Crippen LogP contribution in [0.2, 0.25) is 0 Å². The van der Waals surface area contributed by atoms with E-state index in [0.717, 1.165) is 25.7 Å². The predicted molar refractivity (Wildman–Crippen MR) is 146 cm³/mol. The first kappa shape index (κ1) is 29.0. The van der Waals surface area contributed by atoms with Gasteiger partial charge in [-0.2, -0.15) is 0 Å². The molecule has 7 nitrogen and oxygen atoms in total. The summed E-state index contributed by atoms with van der Waals surface area (Å²) >= 11 is 0. The standard InChI is InChI=1S/C32H48O7/c1-18(25(35)16-33)22-9-10-23-29-24(11-12-31(22,23)2)32(3)21(13-20(14-28(32)37)26(36)17-34)15-27(29)39-30(38)19-7-5-4-6-8-19/h4-8,18,20-29,33-37H,9-17H2,1-3H3/t18?,20?,21?,22-,23+,24+,25?,26?,27?,28?,29+,31-,32+/m1/s1. The summed E-state index contributed by atoms with van der Waals surface area (Å²) in [7, 11) is 0. The van der Waals surface area contributed by atoms with E-state index in [4.69, 9.17) is 4.74 Å². The minimum absolute atomic E-state index is 0.0280. The van der Waals surface area contributed by atoms with Crippen molar-refractivity contribution in [3.05, 3.63) is 35.9 Å². The zero-order valence-electron chi connectivity index (χ0n) is 23.7. The van der Waals surface area contributed by atoms with Crippen LogP contribution in [0, 0.1) is 52.3 Å². The zero-order valence-corrected chi connectivity index (χ0v) is 23.7. The van der Waals surface area contributed by atoms with E-state index >= 15 is 0 Å². The molecule has 4 fully saturated rings. The molecule has 1 aromatic rings. The maximum Gasteiger partial charge on any atom is 0.338 e. The van der Waals surface area contributed by atoms with Crippen LogP contribution in [0.15, 0.2) is 30.3 Å². The van der Waals surface area contributed by atoms with Gasteiger partial charge in [0.15, 0.2) is 0 Å². The summed E-state index contributed by atoms with van der Waals surface area (Å²) in [5.41, 5.74) is 0.121. The lowest BCUT2D eigenvalue weighted by Crippen LogP contribution is -2.63.